The van der Waals surface area contributed by atoms with Crippen LogP contribution in [0.25, 0.3) is 0 Å². The van der Waals surface area contributed by atoms with Crippen LogP contribution < -0.4 is 4.74 Å². The Morgan fingerprint density at radius 1 is 1.03 bits per heavy atom. The maximum Gasteiger partial charge on any atom is 0.227 e. The molecule has 174 valence electrons. The summed E-state index contributed by atoms with van der Waals surface area (Å²) in [6.45, 7) is 6.57. The summed E-state index contributed by atoms with van der Waals surface area (Å²) in [5.74, 6) is 0.966. The lowest BCUT2D eigenvalue weighted by Gasteiger charge is -2.39. The van der Waals surface area contributed by atoms with Gasteiger partial charge in [-0.2, -0.15) is 0 Å². The highest BCUT2D eigenvalue weighted by molar-refractivity contribution is 5.79. The fraction of sp³-hybridized carbons (Fsp3) is 0.500. The predicted molar refractivity (Wildman–Crippen MR) is 126 cm³/mol. The van der Waals surface area contributed by atoms with E-state index in [0.29, 0.717) is 26.2 Å². The highest BCUT2D eigenvalue weighted by Gasteiger charge is 2.28. The zero-order chi connectivity index (χ0) is 22.8. The van der Waals surface area contributed by atoms with Crippen molar-refractivity contribution in [1.82, 2.24) is 9.80 Å². The first-order valence-electron chi connectivity index (χ1n) is 11.5. The lowest BCUT2D eigenvalue weighted by atomic mass is 10.0. The molecule has 1 fully saturated rings. The number of nitrogens with zero attached hydrogens (tertiary/aromatic N) is 2. The number of rotatable bonds is 11. The lowest BCUT2D eigenvalue weighted by Crippen LogP contribution is -2.48. The van der Waals surface area contributed by atoms with E-state index < -0.39 is 0 Å². The number of amides is 1. The van der Waals surface area contributed by atoms with Gasteiger partial charge >= 0.3 is 0 Å². The predicted octanol–water partition coefficient (Wildman–Crippen LogP) is 3.05. The van der Waals surface area contributed by atoms with Crippen LogP contribution in [0, 0.1) is 6.92 Å². The quantitative estimate of drug-likeness (QED) is 0.544. The highest BCUT2D eigenvalue weighted by atomic mass is 16.5. The van der Waals surface area contributed by atoms with Crippen LogP contribution in [-0.4, -0.2) is 73.4 Å². The van der Waals surface area contributed by atoms with Crippen molar-refractivity contribution in [1.29, 1.82) is 0 Å². The molecule has 1 amide bonds. The fourth-order valence-corrected chi connectivity index (χ4v) is 4.15. The minimum atomic E-state index is 0.0619. The van der Waals surface area contributed by atoms with Crippen molar-refractivity contribution in [3.05, 3.63) is 65.2 Å². The number of methoxy groups -OCH3 is 1. The summed E-state index contributed by atoms with van der Waals surface area (Å²) in [5, 5.41) is 8.84. The van der Waals surface area contributed by atoms with Crippen LogP contribution in [0.4, 0.5) is 0 Å². The minimum absolute atomic E-state index is 0.0619. The normalized spacial score (nSPS) is 15.0. The Balaban J connectivity index is 1.64. The van der Waals surface area contributed by atoms with E-state index in [2.05, 4.69) is 41.0 Å². The third-order valence-corrected chi connectivity index (χ3v) is 6.09. The molecule has 1 N–H and O–H groups in total. The molecule has 3 rings (SSSR count). The summed E-state index contributed by atoms with van der Waals surface area (Å²) < 4.78 is 10.6. The molecule has 0 atom stereocenters. The monoisotopic (exact) mass is 440 g/mol. The molecule has 6 nitrogen and oxygen atoms in total. The Morgan fingerprint density at radius 3 is 2.31 bits per heavy atom. The van der Waals surface area contributed by atoms with E-state index >= 15 is 0 Å². The van der Waals surface area contributed by atoms with Gasteiger partial charge in [0, 0.05) is 32.2 Å². The van der Waals surface area contributed by atoms with Crippen molar-refractivity contribution in [2.75, 3.05) is 46.6 Å². The fourth-order valence-electron chi connectivity index (χ4n) is 4.15. The van der Waals surface area contributed by atoms with Crippen LogP contribution in [0.2, 0.25) is 0 Å². The molecular weight excluding hydrogens is 404 g/mol. The standard InChI is InChI=1S/C26H36N2O4/c1-21-3-5-23(6-4-21)20-28(26(30)19-22-7-9-25(31-2)10-8-22)24-11-13-27(14-12-24)15-17-32-18-16-29/h3-10,24,29H,11-20H2,1-2H3. The summed E-state index contributed by atoms with van der Waals surface area (Å²) in [6, 6.07) is 16.4. The molecule has 1 heterocycles. The molecule has 0 spiro atoms. The number of aliphatic hydroxyl groups is 1. The first-order valence-corrected chi connectivity index (χ1v) is 11.5. The zero-order valence-electron chi connectivity index (χ0n) is 19.3. The Kier molecular flexibility index (Phi) is 9.53. The number of piperidine rings is 1. The molecule has 0 aromatic heterocycles. The second kappa shape index (κ2) is 12.6. The number of carbonyl (C=O) groups is 1. The number of hydrogen-bond donors (Lipinski definition) is 1. The number of ether oxygens (including phenoxy) is 2. The van der Waals surface area contributed by atoms with E-state index in [0.717, 1.165) is 43.8 Å². The number of hydrogen-bond acceptors (Lipinski definition) is 5. The van der Waals surface area contributed by atoms with E-state index in [1.165, 1.54) is 11.1 Å². The van der Waals surface area contributed by atoms with Gasteiger partial charge in [-0.1, -0.05) is 42.0 Å². The molecule has 2 aromatic carbocycles. The molecule has 0 aliphatic carbocycles. The Labute approximate surface area is 191 Å². The maximum absolute atomic E-state index is 13.4. The Hall–Kier alpha value is -2.41. The van der Waals surface area contributed by atoms with Gasteiger partial charge in [0.2, 0.25) is 5.91 Å². The van der Waals surface area contributed by atoms with E-state index in [9.17, 15) is 4.79 Å². The van der Waals surface area contributed by atoms with Gasteiger partial charge in [-0.15, -0.1) is 0 Å². The Morgan fingerprint density at radius 2 is 1.69 bits per heavy atom. The molecule has 0 bridgehead atoms. The largest absolute Gasteiger partial charge is 0.497 e. The highest BCUT2D eigenvalue weighted by Crippen LogP contribution is 2.21. The molecule has 1 saturated heterocycles. The van der Waals surface area contributed by atoms with Crippen LogP contribution in [0.15, 0.2) is 48.5 Å². The number of aliphatic hydroxyl groups excluding tert-OH is 1. The molecule has 1 aliphatic heterocycles. The average Bonchev–Trinajstić information content (AvgIpc) is 2.82. The van der Waals surface area contributed by atoms with Crippen LogP contribution >= 0.6 is 0 Å². The molecule has 1 aliphatic rings. The summed E-state index contributed by atoms with van der Waals surface area (Å²) >= 11 is 0. The van der Waals surface area contributed by atoms with Crippen molar-refractivity contribution in [2.24, 2.45) is 0 Å². The van der Waals surface area contributed by atoms with Crippen LogP contribution in [0.3, 0.4) is 0 Å². The average molecular weight is 441 g/mol. The van der Waals surface area contributed by atoms with Gasteiger partial charge in [-0.25, -0.2) is 0 Å². The van der Waals surface area contributed by atoms with Gasteiger partial charge < -0.3 is 24.4 Å². The lowest BCUT2D eigenvalue weighted by molar-refractivity contribution is -0.134. The molecule has 6 heteroatoms. The van der Waals surface area contributed by atoms with Crippen molar-refractivity contribution >= 4 is 5.91 Å². The molecule has 0 saturated carbocycles. The van der Waals surface area contributed by atoms with Gasteiger partial charge in [-0.3, -0.25) is 4.79 Å². The summed E-state index contributed by atoms with van der Waals surface area (Å²) in [7, 11) is 1.65. The van der Waals surface area contributed by atoms with Gasteiger partial charge in [0.05, 0.1) is 33.4 Å². The van der Waals surface area contributed by atoms with Crippen LogP contribution in [0.5, 0.6) is 5.75 Å². The third kappa shape index (κ3) is 7.33. The zero-order valence-corrected chi connectivity index (χ0v) is 19.3. The SMILES string of the molecule is COc1ccc(CC(=O)N(Cc2ccc(C)cc2)C2CCN(CCOCCO)CC2)cc1. The van der Waals surface area contributed by atoms with Crippen LogP contribution in [-0.2, 0) is 22.5 Å². The van der Waals surface area contributed by atoms with E-state index in [4.69, 9.17) is 14.6 Å². The smallest absolute Gasteiger partial charge is 0.227 e. The molecule has 2 aromatic rings. The second-order valence-corrected chi connectivity index (χ2v) is 8.44. The number of likely N-dealkylation sites (tertiary alicyclic amines) is 1. The second-order valence-electron chi connectivity index (χ2n) is 8.44. The van der Waals surface area contributed by atoms with E-state index in [1.807, 2.05) is 24.3 Å². The third-order valence-electron chi connectivity index (χ3n) is 6.09. The van der Waals surface area contributed by atoms with E-state index in [-0.39, 0.29) is 18.6 Å². The molecular formula is C26H36N2O4. The van der Waals surface area contributed by atoms with Gasteiger partial charge in [-0.05, 0) is 43.0 Å². The van der Waals surface area contributed by atoms with E-state index in [1.54, 1.807) is 7.11 Å². The number of benzene rings is 2. The maximum atomic E-state index is 13.4. The van der Waals surface area contributed by atoms with Crippen molar-refractivity contribution in [2.45, 2.75) is 38.8 Å². The van der Waals surface area contributed by atoms with Crippen molar-refractivity contribution < 1.29 is 19.4 Å². The molecule has 0 unspecified atom stereocenters. The van der Waals surface area contributed by atoms with Crippen LogP contribution in [0.1, 0.15) is 29.5 Å². The first kappa shape index (κ1) is 24.2. The van der Waals surface area contributed by atoms with Gasteiger partial charge in [0.1, 0.15) is 5.75 Å². The molecule has 32 heavy (non-hydrogen) atoms. The van der Waals surface area contributed by atoms with Gasteiger partial charge in [0.15, 0.2) is 0 Å². The van der Waals surface area contributed by atoms with Gasteiger partial charge in [0.25, 0.3) is 0 Å². The minimum Gasteiger partial charge on any atom is -0.497 e. The number of carbonyl (C=O) groups excluding carboxylic acids is 1. The summed E-state index contributed by atoms with van der Waals surface area (Å²) in [6.07, 6.45) is 2.31. The molecule has 0 radical (unpaired) electrons. The topological polar surface area (TPSA) is 62.2 Å². The van der Waals surface area contributed by atoms with Crippen molar-refractivity contribution in [3.8, 4) is 5.75 Å². The Bertz CT molecular complexity index is 815. The van der Waals surface area contributed by atoms with Crippen molar-refractivity contribution in [3.63, 3.8) is 0 Å². The summed E-state index contributed by atoms with van der Waals surface area (Å²) in [5.41, 5.74) is 3.39. The summed E-state index contributed by atoms with van der Waals surface area (Å²) in [4.78, 5) is 17.9. The first-order chi connectivity index (χ1) is 15.6. The number of aryl methyl sites for hydroxylation is 1.